The number of ether oxygens (including phenoxy) is 3. The molecule has 2 aromatic carbocycles. The van der Waals surface area contributed by atoms with E-state index in [2.05, 4.69) is 0 Å². The molecule has 176 valence electrons. The van der Waals surface area contributed by atoms with Crippen LogP contribution in [0.1, 0.15) is 47.4 Å². The van der Waals surface area contributed by atoms with Crippen LogP contribution < -0.4 is 0 Å². The van der Waals surface area contributed by atoms with E-state index in [1.54, 1.807) is 0 Å². The summed E-state index contributed by atoms with van der Waals surface area (Å²) in [4.78, 5) is 57.6. The number of hydrogen-bond acceptors (Lipinski definition) is 10. The number of benzene rings is 2. The number of non-ortho nitro benzene ring substituents is 2. The van der Waals surface area contributed by atoms with Crippen molar-refractivity contribution in [2.75, 3.05) is 0 Å². The summed E-state index contributed by atoms with van der Waals surface area (Å²) in [6.07, 6.45) is -0.140. The number of carbonyl (C=O) groups is 3. The molecule has 2 aromatic rings. The molecule has 0 saturated carbocycles. The van der Waals surface area contributed by atoms with Crippen molar-refractivity contribution in [2.24, 2.45) is 0 Å². The molecular formula is C22H18N2O10. The van der Waals surface area contributed by atoms with Gasteiger partial charge in [-0.15, -0.1) is 0 Å². The van der Waals surface area contributed by atoms with E-state index in [-0.39, 0.29) is 46.9 Å². The number of nitrogens with zero attached hydrogens (tertiary/aromatic N) is 2. The minimum absolute atomic E-state index is 0.0116. The molecule has 0 aromatic heterocycles. The number of carbonyl (C=O) groups excluding carboxylic acids is 3. The summed E-state index contributed by atoms with van der Waals surface area (Å²) in [5.74, 6) is -4.15. The van der Waals surface area contributed by atoms with Crippen molar-refractivity contribution < 1.29 is 38.4 Å². The quantitative estimate of drug-likeness (QED) is 0.329. The summed E-state index contributed by atoms with van der Waals surface area (Å²) >= 11 is 0. The van der Waals surface area contributed by atoms with Crippen LogP contribution in [0.15, 0.2) is 60.0 Å². The number of allylic oxidation sites excluding steroid dienone is 2. The molecule has 3 rings (SSSR count). The zero-order chi connectivity index (χ0) is 25.0. The summed E-state index contributed by atoms with van der Waals surface area (Å²) in [5.41, 5.74) is -0.357. The fourth-order valence-corrected chi connectivity index (χ4v) is 3.14. The minimum atomic E-state index is -1.97. The van der Waals surface area contributed by atoms with E-state index in [1.165, 1.54) is 38.1 Å². The van der Waals surface area contributed by atoms with Crippen molar-refractivity contribution in [2.45, 2.75) is 32.5 Å². The lowest BCUT2D eigenvalue weighted by molar-refractivity contribution is -0.385. The van der Waals surface area contributed by atoms with Gasteiger partial charge < -0.3 is 14.2 Å². The smallest absolute Gasteiger partial charge is 0.343 e. The Labute approximate surface area is 192 Å². The second kappa shape index (κ2) is 9.48. The molecule has 12 heteroatoms. The highest BCUT2D eigenvalue weighted by Crippen LogP contribution is 2.35. The van der Waals surface area contributed by atoms with Crippen LogP contribution in [0, 0.1) is 20.2 Å². The SMILES string of the molecule is CC(=O)C1(OC(=O)c2ccc([N+](=O)[O-])cc2)CCC(OC(=O)c2ccc([N+](=O)[O-])cc2)=C(C)O1. The Kier molecular flexibility index (Phi) is 6.71. The Hall–Kier alpha value is -4.61. The first-order valence-electron chi connectivity index (χ1n) is 9.86. The molecule has 1 aliphatic rings. The van der Waals surface area contributed by atoms with Gasteiger partial charge >= 0.3 is 17.7 Å². The fraction of sp³-hybridized carbons (Fsp3) is 0.227. The largest absolute Gasteiger partial charge is 0.447 e. The van der Waals surface area contributed by atoms with Gasteiger partial charge in [-0.1, -0.05) is 0 Å². The van der Waals surface area contributed by atoms with Gasteiger partial charge in [0.15, 0.2) is 0 Å². The van der Waals surface area contributed by atoms with E-state index >= 15 is 0 Å². The number of nitro groups is 2. The number of nitro benzene ring substituents is 2. The van der Waals surface area contributed by atoms with Gasteiger partial charge in [0.05, 0.1) is 21.0 Å². The lowest BCUT2D eigenvalue weighted by Crippen LogP contribution is -2.46. The van der Waals surface area contributed by atoms with Crippen molar-refractivity contribution in [3.8, 4) is 0 Å². The third-order valence-electron chi connectivity index (χ3n) is 5.03. The first-order chi connectivity index (χ1) is 16.0. The Bertz CT molecular complexity index is 1200. The second-order valence-corrected chi connectivity index (χ2v) is 7.28. The number of Topliss-reactive ketones (excluding diaryl/α,β-unsaturated/α-hetero) is 1. The number of rotatable bonds is 7. The van der Waals surface area contributed by atoms with Gasteiger partial charge in [0.2, 0.25) is 5.78 Å². The molecule has 1 aliphatic heterocycles. The minimum Gasteiger partial charge on any atom is -0.447 e. The number of ketones is 1. The van der Waals surface area contributed by atoms with Gasteiger partial charge in [0, 0.05) is 44.0 Å². The Morgan fingerprint density at radius 3 is 1.76 bits per heavy atom. The topological polar surface area (TPSA) is 165 Å². The van der Waals surface area contributed by atoms with Crippen LogP contribution in [0.3, 0.4) is 0 Å². The summed E-state index contributed by atoms with van der Waals surface area (Å²) in [6, 6.07) is 9.44. The molecule has 0 amide bonds. The van der Waals surface area contributed by atoms with Gasteiger partial charge in [-0.2, -0.15) is 0 Å². The van der Waals surface area contributed by atoms with Crippen LogP contribution in [0.2, 0.25) is 0 Å². The van der Waals surface area contributed by atoms with Crippen molar-refractivity contribution >= 4 is 29.1 Å². The summed E-state index contributed by atoms with van der Waals surface area (Å²) in [5, 5.41) is 21.5. The molecule has 0 bridgehead atoms. The zero-order valence-electron chi connectivity index (χ0n) is 18.0. The summed E-state index contributed by atoms with van der Waals surface area (Å²) < 4.78 is 16.3. The van der Waals surface area contributed by atoms with Crippen molar-refractivity contribution in [1.82, 2.24) is 0 Å². The highest BCUT2D eigenvalue weighted by atomic mass is 16.7. The van der Waals surface area contributed by atoms with E-state index in [0.717, 1.165) is 24.3 Å². The van der Waals surface area contributed by atoms with Gasteiger partial charge in [0.25, 0.3) is 11.4 Å². The molecule has 0 spiro atoms. The summed E-state index contributed by atoms with van der Waals surface area (Å²) in [7, 11) is 0. The number of hydrogen-bond donors (Lipinski definition) is 0. The lowest BCUT2D eigenvalue weighted by Gasteiger charge is -2.35. The molecular weight excluding hydrogens is 452 g/mol. The van der Waals surface area contributed by atoms with Crippen molar-refractivity contribution in [3.05, 3.63) is 91.4 Å². The van der Waals surface area contributed by atoms with Gasteiger partial charge in [-0.3, -0.25) is 25.0 Å². The molecule has 0 saturated heterocycles. The Morgan fingerprint density at radius 1 is 0.882 bits per heavy atom. The highest BCUT2D eigenvalue weighted by Gasteiger charge is 2.46. The normalized spacial score (nSPS) is 17.4. The average Bonchev–Trinajstić information content (AvgIpc) is 2.80. The predicted molar refractivity (Wildman–Crippen MR) is 113 cm³/mol. The zero-order valence-corrected chi connectivity index (χ0v) is 18.0. The van der Waals surface area contributed by atoms with Crippen molar-refractivity contribution in [1.29, 1.82) is 0 Å². The monoisotopic (exact) mass is 470 g/mol. The molecule has 1 unspecified atom stereocenters. The second-order valence-electron chi connectivity index (χ2n) is 7.28. The maximum Gasteiger partial charge on any atom is 0.343 e. The molecule has 0 N–H and O–H groups in total. The van der Waals surface area contributed by atoms with Crippen LogP contribution in [-0.4, -0.2) is 33.4 Å². The first-order valence-corrected chi connectivity index (χ1v) is 9.86. The number of esters is 2. The third kappa shape index (κ3) is 5.06. The third-order valence-corrected chi connectivity index (χ3v) is 5.03. The van der Waals surface area contributed by atoms with E-state index in [1.807, 2.05) is 0 Å². The van der Waals surface area contributed by atoms with E-state index in [4.69, 9.17) is 14.2 Å². The molecule has 12 nitrogen and oxygen atoms in total. The first kappa shape index (κ1) is 24.0. The standard InChI is InChI=1S/C22H18N2O10/c1-13-19(32-20(26)15-3-7-17(8-4-15)23(28)29)11-12-22(33-13,14(2)25)34-21(27)16-5-9-18(10-6-16)24(30)31/h3-10H,11-12H2,1-2H3. The van der Waals surface area contributed by atoms with Crippen LogP contribution in [0.25, 0.3) is 0 Å². The maximum absolute atomic E-state index is 12.6. The van der Waals surface area contributed by atoms with Gasteiger partial charge in [-0.25, -0.2) is 9.59 Å². The van der Waals surface area contributed by atoms with Crippen LogP contribution in [0.5, 0.6) is 0 Å². The molecule has 1 atom stereocenters. The van der Waals surface area contributed by atoms with E-state index in [0.29, 0.717) is 0 Å². The van der Waals surface area contributed by atoms with Crippen LogP contribution in [0.4, 0.5) is 11.4 Å². The fourth-order valence-electron chi connectivity index (χ4n) is 3.14. The lowest BCUT2D eigenvalue weighted by atomic mass is 10.0. The molecule has 34 heavy (non-hydrogen) atoms. The van der Waals surface area contributed by atoms with E-state index < -0.39 is 33.4 Å². The highest BCUT2D eigenvalue weighted by molar-refractivity contribution is 5.94. The Balaban J connectivity index is 1.74. The summed E-state index contributed by atoms with van der Waals surface area (Å²) in [6.45, 7) is 2.60. The van der Waals surface area contributed by atoms with Crippen molar-refractivity contribution in [3.63, 3.8) is 0 Å². The van der Waals surface area contributed by atoms with E-state index in [9.17, 15) is 34.6 Å². The molecule has 0 radical (unpaired) electrons. The van der Waals surface area contributed by atoms with Crippen LogP contribution >= 0.6 is 0 Å². The average molecular weight is 470 g/mol. The van der Waals surface area contributed by atoms with Gasteiger partial charge in [0.1, 0.15) is 11.5 Å². The molecule has 1 heterocycles. The Morgan fingerprint density at radius 2 is 1.35 bits per heavy atom. The maximum atomic E-state index is 12.6. The van der Waals surface area contributed by atoms with Crippen LogP contribution in [-0.2, 0) is 19.0 Å². The molecule has 0 aliphatic carbocycles. The predicted octanol–water partition coefficient (Wildman–Crippen LogP) is 3.84. The van der Waals surface area contributed by atoms with Gasteiger partial charge in [-0.05, 0) is 31.2 Å². The molecule has 0 fully saturated rings.